The molecule has 0 spiro atoms. The van der Waals surface area contributed by atoms with E-state index in [0.29, 0.717) is 24.3 Å². The average Bonchev–Trinajstić information content (AvgIpc) is 2.70. The SMILES string of the molecule is NC(=O)c1ccc(N2CCN(CC(=O)Nc3ccc(OC(F)F)cc3)CC2)cc1. The molecule has 0 bridgehead atoms. The minimum atomic E-state index is -2.88. The number of nitrogens with one attached hydrogen (secondary N) is 1. The molecule has 2 aromatic rings. The normalized spacial score (nSPS) is 14.7. The Balaban J connectivity index is 1.45. The zero-order valence-corrected chi connectivity index (χ0v) is 15.7. The predicted octanol–water partition coefficient (Wildman–Crippen LogP) is 2.15. The first kappa shape index (κ1) is 20.5. The van der Waals surface area contributed by atoms with Crippen molar-refractivity contribution >= 4 is 23.2 Å². The minimum Gasteiger partial charge on any atom is -0.435 e. The lowest BCUT2D eigenvalue weighted by molar-refractivity contribution is -0.117. The monoisotopic (exact) mass is 404 g/mol. The Kier molecular flexibility index (Phi) is 6.61. The smallest absolute Gasteiger partial charge is 0.387 e. The fourth-order valence-corrected chi connectivity index (χ4v) is 3.12. The van der Waals surface area contributed by atoms with Crippen molar-refractivity contribution < 1.29 is 23.1 Å². The number of benzene rings is 2. The molecule has 0 aromatic heterocycles. The van der Waals surface area contributed by atoms with E-state index in [1.54, 1.807) is 12.1 Å². The molecule has 1 aliphatic rings. The van der Waals surface area contributed by atoms with Crippen LogP contribution in [0.1, 0.15) is 10.4 Å². The van der Waals surface area contributed by atoms with Gasteiger partial charge in [0.1, 0.15) is 5.75 Å². The highest BCUT2D eigenvalue weighted by Crippen LogP contribution is 2.19. The van der Waals surface area contributed by atoms with Gasteiger partial charge in [0, 0.05) is 43.1 Å². The van der Waals surface area contributed by atoms with Crippen LogP contribution in [0, 0.1) is 0 Å². The van der Waals surface area contributed by atoms with E-state index < -0.39 is 12.5 Å². The molecule has 29 heavy (non-hydrogen) atoms. The Morgan fingerprint density at radius 1 is 1.00 bits per heavy atom. The molecule has 1 fully saturated rings. The van der Waals surface area contributed by atoms with Gasteiger partial charge in [-0.25, -0.2) is 0 Å². The highest BCUT2D eigenvalue weighted by Gasteiger charge is 2.19. The summed E-state index contributed by atoms with van der Waals surface area (Å²) in [6.45, 7) is 0.295. The third-order valence-electron chi connectivity index (χ3n) is 4.62. The van der Waals surface area contributed by atoms with E-state index >= 15 is 0 Å². The zero-order chi connectivity index (χ0) is 20.8. The van der Waals surface area contributed by atoms with Crippen molar-refractivity contribution in [2.24, 2.45) is 5.73 Å². The van der Waals surface area contributed by atoms with Gasteiger partial charge in [0.25, 0.3) is 0 Å². The summed E-state index contributed by atoms with van der Waals surface area (Å²) in [5.41, 5.74) is 7.25. The van der Waals surface area contributed by atoms with E-state index in [2.05, 4.69) is 15.0 Å². The maximum atomic E-state index is 12.2. The Labute approximate surface area is 167 Å². The molecule has 1 saturated heterocycles. The highest BCUT2D eigenvalue weighted by molar-refractivity contribution is 5.93. The van der Waals surface area contributed by atoms with E-state index in [9.17, 15) is 18.4 Å². The molecule has 2 aromatic carbocycles. The van der Waals surface area contributed by atoms with Crippen LogP contribution in [0.15, 0.2) is 48.5 Å². The van der Waals surface area contributed by atoms with Gasteiger partial charge in [-0.3, -0.25) is 14.5 Å². The number of carbonyl (C=O) groups is 2. The molecule has 9 heteroatoms. The Hall–Kier alpha value is -3.20. The van der Waals surface area contributed by atoms with E-state index in [1.165, 1.54) is 24.3 Å². The number of nitrogens with two attached hydrogens (primary N) is 1. The summed E-state index contributed by atoms with van der Waals surface area (Å²) in [6.07, 6.45) is 0. The Morgan fingerprint density at radius 2 is 1.62 bits per heavy atom. The molecule has 1 aliphatic heterocycles. The lowest BCUT2D eigenvalue weighted by Crippen LogP contribution is -2.48. The predicted molar refractivity (Wildman–Crippen MR) is 105 cm³/mol. The number of anilines is 2. The molecular formula is C20H22F2N4O3. The van der Waals surface area contributed by atoms with Crippen LogP contribution >= 0.6 is 0 Å². The number of rotatable bonds is 7. The number of amides is 2. The van der Waals surface area contributed by atoms with Gasteiger partial charge in [-0.15, -0.1) is 0 Å². The van der Waals surface area contributed by atoms with Gasteiger partial charge in [0.15, 0.2) is 0 Å². The van der Waals surface area contributed by atoms with Crippen LogP contribution in [0.5, 0.6) is 5.75 Å². The number of piperazine rings is 1. The fraction of sp³-hybridized carbons (Fsp3) is 0.300. The number of hydrogen-bond donors (Lipinski definition) is 2. The first-order valence-electron chi connectivity index (χ1n) is 9.12. The van der Waals surface area contributed by atoms with Gasteiger partial charge in [-0.2, -0.15) is 8.78 Å². The van der Waals surface area contributed by atoms with Crippen LogP contribution in [0.3, 0.4) is 0 Å². The quantitative estimate of drug-likeness (QED) is 0.738. The summed E-state index contributed by atoms with van der Waals surface area (Å²) in [4.78, 5) is 27.6. The fourth-order valence-electron chi connectivity index (χ4n) is 3.12. The summed E-state index contributed by atoms with van der Waals surface area (Å²) in [5.74, 6) is -0.589. The van der Waals surface area contributed by atoms with Crippen LogP contribution in [-0.4, -0.2) is 56.0 Å². The van der Waals surface area contributed by atoms with Crippen LogP contribution < -0.4 is 20.7 Å². The average molecular weight is 404 g/mol. The third-order valence-corrected chi connectivity index (χ3v) is 4.62. The summed E-state index contributed by atoms with van der Waals surface area (Å²) >= 11 is 0. The van der Waals surface area contributed by atoms with Crippen LogP contribution in [0.2, 0.25) is 0 Å². The second kappa shape index (κ2) is 9.33. The van der Waals surface area contributed by atoms with Gasteiger partial charge >= 0.3 is 6.61 Å². The van der Waals surface area contributed by atoms with E-state index in [-0.39, 0.29) is 18.2 Å². The Morgan fingerprint density at radius 3 is 2.17 bits per heavy atom. The molecule has 0 radical (unpaired) electrons. The number of primary amides is 1. The van der Waals surface area contributed by atoms with E-state index in [0.717, 1.165) is 18.8 Å². The molecule has 0 atom stereocenters. The van der Waals surface area contributed by atoms with Gasteiger partial charge in [-0.05, 0) is 48.5 Å². The lowest BCUT2D eigenvalue weighted by Gasteiger charge is -2.35. The first-order valence-corrected chi connectivity index (χ1v) is 9.12. The summed E-state index contributed by atoms with van der Waals surface area (Å²) in [7, 11) is 0. The largest absolute Gasteiger partial charge is 0.435 e. The van der Waals surface area contributed by atoms with Crippen molar-refractivity contribution in [2.75, 3.05) is 42.9 Å². The maximum absolute atomic E-state index is 12.2. The molecule has 0 saturated carbocycles. The standard InChI is InChI=1S/C20H22F2N4O3/c21-20(22)29-17-7-3-15(4-8-17)24-18(27)13-25-9-11-26(12-10-25)16-5-1-14(2-6-16)19(23)28/h1-8,20H,9-13H2,(H2,23,28)(H,24,27). The highest BCUT2D eigenvalue weighted by atomic mass is 19.3. The number of hydrogen-bond acceptors (Lipinski definition) is 5. The third kappa shape index (κ3) is 5.89. The number of halogens is 2. The zero-order valence-electron chi connectivity index (χ0n) is 15.7. The van der Waals surface area contributed by atoms with Crippen molar-refractivity contribution in [1.29, 1.82) is 0 Å². The van der Waals surface area contributed by atoms with Gasteiger partial charge < -0.3 is 20.7 Å². The van der Waals surface area contributed by atoms with E-state index in [4.69, 9.17) is 5.73 Å². The molecule has 2 amide bonds. The molecule has 1 heterocycles. The van der Waals surface area contributed by atoms with Gasteiger partial charge in [-0.1, -0.05) is 0 Å². The van der Waals surface area contributed by atoms with E-state index in [1.807, 2.05) is 17.0 Å². The Bertz CT molecular complexity index is 836. The molecule has 3 rings (SSSR count). The second-order valence-corrected chi connectivity index (χ2v) is 6.63. The number of nitrogens with zero attached hydrogens (tertiary/aromatic N) is 2. The van der Waals surface area contributed by atoms with Crippen molar-refractivity contribution in [3.8, 4) is 5.75 Å². The van der Waals surface area contributed by atoms with Crippen molar-refractivity contribution in [3.63, 3.8) is 0 Å². The maximum Gasteiger partial charge on any atom is 0.387 e. The summed E-state index contributed by atoms with van der Waals surface area (Å²) in [6, 6.07) is 12.9. The number of ether oxygens (including phenoxy) is 1. The van der Waals surface area contributed by atoms with Gasteiger partial charge in [0.2, 0.25) is 11.8 Å². The van der Waals surface area contributed by atoms with Crippen LogP contribution in [0.4, 0.5) is 20.2 Å². The molecule has 0 unspecified atom stereocenters. The van der Waals surface area contributed by atoms with Crippen LogP contribution in [-0.2, 0) is 4.79 Å². The molecule has 3 N–H and O–H groups in total. The van der Waals surface area contributed by atoms with Crippen molar-refractivity contribution in [3.05, 3.63) is 54.1 Å². The van der Waals surface area contributed by atoms with Crippen LogP contribution in [0.25, 0.3) is 0 Å². The number of alkyl halides is 2. The lowest BCUT2D eigenvalue weighted by atomic mass is 10.1. The summed E-state index contributed by atoms with van der Waals surface area (Å²) in [5, 5.41) is 2.75. The van der Waals surface area contributed by atoms with Crippen molar-refractivity contribution in [1.82, 2.24) is 4.90 Å². The topological polar surface area (TPSA) is 87.9 Å². The molecule has 154 valence electrons. The first-order chi connectivity index (χ1) is 13.9. The summed E-state index contributed by atoms with van der Waals surface area (Å²) < 4.78 is 28.6. The second-order valence-electron chi connectivity index (χ2n) is 6.63. The van der Waals surface area contributed by atoms with Crippen molar-refractivity contribution in [2.45, 2.75) is 6.61 Å². The van der Waals surface area contributed by atoms with Gasteiger partial charge in [0.05, 0.1) is 6.54 Å². The molecule has 7 nitrogen and oxygen atoms in total. The minimum absolute atomic E-state index is 0.0398. The molecular weight excluding hydrogens is 382 g/mol. The molecule has 0 aliphatic carbocycles. The number of carbonyl (C=O) groups excluding carboxylic acids is 2.